The first-order valence-electron chi connectivity index (χ1n) is 4.83. The minimum atomic E-state index is -0.317. The fourth-order valence-electron chi connectivity index (χ4n) is 1.33. The Balaban J connectivity index is 2.21. The molecule has 0 bridgehead atoms. The Morgan fingerprint density at radius 1 is 1.53 bits per heavy atom. The summed E-state index contributed by atoms with van der Waals surface area (Å²) in [4.78, 5) is 15.5. The monoisotopic (exact) mass is 251 g/mol. The number of anilines is 1. The summed E-state index contributed by atoms with van der Waals surface area (Å²) >= 11 is 5.82. The van der Waals surface area contributed by atoms with E-state index in [0.717, 1.165) is 0 Å². The maximum Gasteiger partial charge on any atom is 0.331 e. The van der Waals surface area contributed by atoms with E-state index >= 15 is 0 Å². The van der Waals surface area contributed by atoms with Gasteiger partial charge in [0.05, 0.1) is 12.8 Å². The summed E-state index contributed by atoms with van der Waals surface area (Å²) < 4.78 is 6.45. The van der Waals surface area contributed by atoms with E-state index in [0.29, 0.717) is 16.5 Å². The third kappa shape index (κ3) is 2.57. The number of nitrogens with zero attached hydrogens (tertiary/aromatic N) is 2. The number of hydrogen-bond acceptors (Lipinski definition) is 3. The van der Waals surface area contributed by atoms with E-state index in [1.54, 1.807) is 24.4 Å². The van der Waals surface area contributed by atoms with Crippen LogP contribution in [0, 0.1) is 0 Å². The van der Waals surface area contributed by atoms with E-state index in [9.17, 15) is 4.79 Å². The van der Waals surface area contributed by atoms with Crippen LogP contribution < -0.4 is 10.1 Å². The highest BCUT2D eigenvalue weighted by atomic mass is 35.5. The quantitative estimate of drug-likeness (QED) is 0.893. The van der Waals surface area contributed by atoms with Crippen molar-refractivity contribution in [2.45, 2.75) is 0 Å². The number of amides is 1. The third-order valence-corrected chi connectivity index (χ3v) is 2.38. The number of ether oxygens (including phenoxy) is 1. The van der Waals surface area contributed by atoms with Crippen LogP contribution in [0.1, 0.15) is 0 Å². The molecule has 0 saturated heterocycles. The number of rotatable bonds is 2. The van der Waals surface area contributed by atoms with Crippen molar-refractivity contribution in [2.24, 2.45) is 0 Å². The first-order valence-corrected chi connectivity index (χ1v) is 5.21. The number of methoxy groups -OCH3 is 1. The van der Waals surface area contributed by atoms with Crippen LogP contribution in [0.4, 0.5) is 10.5 Å². The SMILES string of the molecule is COc1cc(Cl)ccc1NC(=O)n1ccnc1. The topological polar surface area (TPSA) is 56.1 Å². The second-order valence-electron chi connectivity index (χ2n) is 3.24. The van der Waals surface area contributed by atoms with Crippen molar-refractivity contribution in [1.29, 1.82) is 0 Å². The maximum atomic E-state index is 11.8. The van der Waals surface area contributed by atoms with E-state index in [1.165, 1.54) is 24.2 Å². The molecule has 2 rings (SSSR count). The molecular formula is C11H10ClN3O2. The summed E-state index contributed by atoms with van der Waals surface area (Å²) in [6.45, 7) is 0. The molecule has 0 atom stereocenters. The van der Waals surface area contributed by atoms with Crippen LogP contribution >= 0.6 is 11.6 Å². The van der Waals surface area contributed by atoms with Gasteiger partial charge in [0.25, 0.3) is 0 Å². The minimum Gasteiger partial charge on any atom is -0.495 e. The Labute approximate surface area is 103 Å². The Morgan fingerprint density at radius 3 is 3.00 bits per heavy atom. The molecule has 1 N–H and O–H groups in total. The summed E-state index contributed by atoms with van der Waals surface area (Å²) in [5.41, 5.74) is 0.551. The number of carbonyl (C=O) groups excluding carboxylic acids is 1. The fourth-order valence-corrected chi connectivity index (χ4v) is 1.49. The summed E-state index contributed by atoms with van der Waals surface area (Å²) in [5.74, 6) is 0.506. The van der Waals surface area contributed by atoms with Crippen molar-refractivity contribution in [1.82, 2.24) is 9.55 Å². The number of hydrogen-bond donors (Lipinski definition) is 1. The molecule has 1 heterocycles. The molecule has 1 aromatic heterocycles. The predicted octanol–water partition coefficient (Wildman–Crippen LogP) is 2.63. The normalized spacial score (nSPS) is 10.0. The van der Waals surface area contributed by atoms with Crippen molar-refractivity contribution in [2.75, 3.05) is 12.4 Å². The smallest absolute Gasteiger partial charge is 0.331 e. The van der Waals surface area contributed by atoms with Crippen LogP contribution in [-0.2, 0) is 0 Å². The lowest BCUT2D eigenvalue weighted by Crippen LogP contribution is -2.18. The molecule has 0 radical (unpaired) electrons. The van der Waals surface area contributed by atoms with Crippen LogP contribution in [0.2, 0.25) is 5.02 Å². The second-order valence-corrected chi connectivity index (χ2v) is 3.68. The fraction of sp³-hybridized carbons (Fsp3) is 0.0909. The van der Waals surface area contributed by atoms with Crippen molar-refractivity contribution >= 4 is 23.3 Å². The van der Waals surface area contributed by atoms with Gasteiger partial charge in [-0.05, 0) is 12.1 Å². The molecule has 1 aromatic carbocycles. The molecule has 0 aliphatic rings. The van der Waals surface area contributed by atoms with Gasteiger partial charge in [-0.1, -0.05) is 11.6 Å². The van der Waals surface area contributed by atoms with Crippen LogP contribution in [0.5, 0.6) is 5.75 Å². The molecule has 88 valence electrons. The molecule has 5 nitrogen and oxygen atoms in total. The molecule has 2 aromatic rings. The lowest BCUT2D eigenvalue weighted by atomic mass is 10.3. The average molecular weight is 252 g/mol. The van der Waals surface area contributed by atoms with Gasteiger partial charge in [0.15, 0.2) is 0 Å². The van der Waals surface area contributed by atoms with E-state index in [1.807, 2.05) is 0 Å². The number of imidazole rings is 1. The van der Waals surface area contributed by atoms with E-state index in [2.05, 4.69) is 10.3 Å². The molecular weight excluding hydrogens is 242 g/mol. The molecule has 0 spiro atoms. The van der Waals surface area contributed by atoms with Gasteiger partial charge in [-0.3, -0.25) is 4.57 Å². The summed E-state index contributed by atoms with van der Waals surface area (Å²) in [5, 5.41) is 3.24. The number of aromatic nitrogens is 2. The Morgan fingerprint density at radius 2 is 2.35 bits per heavy atom. The third-order valence-electron chi connectivity index (χ3n) is 2.14. The molecule has 0 unspecified atom stereocenters. The van der Waals surface area contributed by atoms with Crippen molar-refractivity contribution in [3.8, 4) is 5.75 Å². The lowest BCUT2D eigenvalue weighted by Gasteiger charge is -2.10. The van der Waals surface area contributed by atoms with Crippen LogP contribution in [-0.4, -0.2) is 22.7 Å². The highest BCUT2D eigenvalue weighted by Gasteiger charge is 2.08. The zero-order chi connectivity index (χ0) is 12.3. The van der Waals surface area contributed by atoms with Crippen LogP contribution in [0.15, 0.2) is 36.9 Å². The average Bonchev–Trinajstić information content (AvgIpc) is 2.85. The highest BCUT2D eigenvalue weighted by Crippen LogP contribution is 2.27. The first-order chi connectivity index (χ1) is 8.20. The summed E-state index contributed by atoms with van der Waals surface area (Å²) in [6, 6.07) is 4.66. The largest absolute Gasteiger partial charge is 0.495 e. The van der Waals surface area contributed by atoms with Gasteiger partial charge < -0.3 is 10.1 Å². The minimum absolute atomic E-state index is 0.317. The van der Waals surface area contributed by atoms with Crippen LogP contribution in [0.25, 0.3) is 0 Å². The molecule has 1 amide bonds. The van der Waals surface area contributed by atoms with E-state index in [-0.39, 0.29) is 6.03 Å². The number of benzene rings is 1. The number of nitrogens with one attached hydrogen (secondary N) is 1. The Bertz CT molecular complexity index is 526. The van der Waals surface area contributed by atoms with Gasteiger partial charge in [-0.15, -0.1) is 0 Å². The molecule has 6 heteroatoms. The molecule has 0 aliphatic heterocycles. The van der Waals surface area contributed by atoms with Crippen molar-refractivity contribution < 1.29 is 9.53 Å². The Kier molecular flexibility index (Phi) is 3.30. The lowest BCUT2D eigenvalue weighted by molar-refractivity contribution is 0.253. The Hall–Kier alpha value is -2.01. The van der Waals surface area contributed by atoms with E-state index in [4.69, 9.17) is 16.3 Å². The van der Waals surface area contributed by atoms with E-state index < -0.39 is 0 Å². The standard InChI is InChI=1S/C11H10ClN3O2/c1-17-10-6-8(12)2-3-9(10)14-11(16)15-5-4-13-7-15/h2-7H,1H3,(H,14,16). The molecule has 0 aliphatic carbocycles. The molecule has 0 fully saturated rings. The zero-order valence-corrected chi connectivity index (χ0v) is 9.81. The van der Waals surface area contributed by atoms with Crippen LogP contribution in [0.3, 0.4) is 0 Å². The first kappa shape index (κ1) is 11.5. The number of halogens is 1. The maximum absolute atomic E-state index is 11.8. The van der Waals surface area contributed by atoms with Gasteiger partial charge in [-0.2, -0.15) is 0 Å². The predicted molar refractivity (Wildman–Crippen MR) is 64.6 cm³/mol. The second kappa shape index (κ2) is 4.88. The molecule has 0 saturated carbocycles. The summed E-state index contributed by atoms with van der Waals surface area (Å²) in [7, 11) is 1.51. The van der Waals surface area contributed by atoms with Gasteiger partial charge in [0, 0.05) is 23.5 Å². The van der Waals surface area contributed by atoms with Gasteiger partial charge >= 0.3 is 6.03 Å². The summed E-state index contributed by atoms with van der Waals surface area (Å²) in [6.07, 6.45) is 4.49. The zero-order valence-electron chi connectivity index (χ0n) is 9.05. The van der Waals surface area contributed by atoms with Crippen molar-refractivity contribution in [3.05, 3.63) is 41.9 Å². The van der Waals surface area contributed by atoms with Gasteiger partial charge in [0.1, 0.15) is 12.1 Å². The number of carbonyl (C=O) groups is 1. The van der Waals surface area contributed by atoms with Crippen molar-refractivity contribution in [3.63, 3.8) is 0 Å². The van der Waals surface area contributed by atoms with Gasteiger partial charge in [0.2, 0.25) is 0 Å². The highest BCUT2D eigenvalue weighted by molar-refractivity contribution is 6.30. The molecule has 17 heavy (non-hydrogen) atoms. The van der Waals surface area contributed by atoms with Gasteiger partial charge in [-0.25, -0.2) is 9.78 Å².